The molecule has 1 aliphatic carbocycles. The number of aromatic nitrogens is 4. The summed E-state index contributed by atoms with van der Waals surface area (Å²) in [6, 6.07) is 0.247. The molecule has 0 radical (unpaired) electrons. The van der Waals surface area contributed by atoms with E-state index < -0.39 is 0 Å². The van der Waals surface area contributed by atoms with Crippen molar-refractivity contribution in [1.29, 1.82) is 0 Å². The minimum atomic E-state index is -0.165. The van der Waals surface area contributed by atoms with Gasteiger partial charge in [-0.1, -0.05) is 0 Å². The van der Waals surface area contributed by atoms with Crippen LogP contribution < -0.4 is 5.56 Å². The Morgan fingerprint density at radius 1 is 1.32 bits per heavy atom. The molecule has 2 saturated heterocycles. The highest BCUT2D eigenvalue weighted by atomic mass is 16.3. The molecule has 0 amide bonds. The fourth-order valence-corrected chi connectivity index (χ4v) is 4.89. The van der Waals surface area contributed by atoms with Crippen molar-refractivity contribution in [2.24, 2.45) is 5.92 Å². The van der Waals surface area contributed by atoms with Crippen LogP contribution in [0.1, 0.15) is 42.4 Å². The van der Waals surface area contributed by atoms with E-state index in [-0.39, 0.29) is 11.6 Å². The molecule has 6 rings (SSSR count). The molecule has 5 heterocycles. The number of aryl methyl sites for hydroxylation is 2. The van der Waals surface area contributed by atoms with Gasteiger partial charge in [0.05, 0.1) is 17.8 Å². The quantitative estimate of drug-likeness (QED) is 0.710. The zero-order chi connectivity index (χ0) is 16.5. The summed E-state index contributed by atoms with van der Waals surface area (Å²) in [5, 5.41) is 7.19. The summed E-state index contributed by atoms with van der Waals surface area (Å²) in [6.45, 7) is 2.24. The maximum absolute atomic E-state index is 12.7. The van der Waals surface area contributed by atoms with E-state index in [9.17, 15) is 4.79 Å². The summed E-state index contributed by atoms with van der Waals surface area (Å²) in [6.07, 6.45) is 6.97. The fourth-order valence-electron chi connectivity index (χ4n) is 4.89. The average molecular weight is 337 g/mol. The molecule has 0 saturated carbocycles. The van der Waals surface area contributed by atoms with E-state index in [0.717, 1.165) is 78.6 Å². The van der Waals surface area contributed by atoms with Gasteiger partial charge in [0, 0.05) is 17.8 Å². The van der Waals surface area contributed by atoms with Crippen molar-refractivity contribution in [3.63, 3.8) is 0 Å². The lowest BCUT2D eigenvalue weighted by atomic mass is 10.00. The summed E-state index contributed by atoms with van der Waals surface area (Å²) >= 11 is 0. The Balaban J connectivity index is 1.56. The van der Waals surface area contributed by atoms with Gasteiger partial charge in [-0.05, 0) is 44.6 Å². The largest absolute Gasteiger partial charge is 0.448 e. The number of furan rings is 1. The molecule has 0 spiro atoms. The van der Waals surface area contributed by atoms with Crippen LogP contribution in [0.15, 0.2) is 15.4 Å². The summed E-state index contributed by atoms with van der Waals surface area (Å²) in [5.41, 5.74) is 4.03. The van der Waals surface area contributed by atoms with E-state index in [2.05, 4.69) is 20.1 Å². The van der Waals surface area contributed by atoms with Gasteiger partial charge in [-0.15, -0.1) is 0 Å². The van der Waals surface area contributed by atoms with Crippen LogP contribution in [0.5, 0.6) is 0 Å². The minimum Gasteiger partial charge on any atom is -0.448 e. The molecule has 7 nitrogen and oxygen atoms in total. The summed E-state index contributed by atoms with van der Waals surface area (Å²) in [7, 11) is 0. The minimum absolute atomic E-state index is 0.165. The number of rotatable bonds is 1. The van der Waals surface area contributed by atoms with Crippen LogP contribution in [0.3, 0.4) is 0 Å². The molecule has 3 aromatic rings. The fraction of sp³-hybridized carbons (Fsp3) is 0.500. The number of aromatic amines is 2. The Hall–Kier alpha value is -2.41. The van der Waals surface area contributed by atoms with E-state index in [0.29, 0.717) is 5.58 Å². The molecule has 0 aromatic carbocycles. The predicted molar refractivity (Wildman–Crippen MR) is 91.3 cm³/mol. The lowest BCUT2D eigenvalue weighted by Crippen LogP contribution is -2.26. The highest BCUT2D eigenvalue weighted by molar-refractivity contribution is 5.85. The van der Waals surface area contributed by atoms with Crippen molar-refractivity contribution in [2.75, 3.05) is 13.1 Å². The normalized spacial score (nSPS) is 27.4. The Morgan fingerprint density at radius 2 is 2.28 bits per heavy atom. The van der Waals surface area contributed by atoms with Crippen LogP contribution in [0.4, 0.5) is 0 Å². The molecule has 7 heteroatoms. The number of piperidine rings is 1. The second-order valence-electron chi connectivity index (χ2n) is 7.56. The number of fused-ring (bicyclic) bond motifs is 7. The van der Waals surface area contributed by atoms with Crippen LogP contribution in [0, 0.1) is 5.92 Å². The number of nitrogens with one attached hydrogen (secondary N) is 2. The van der Waals surface area contributed by atoms with E-state index >= 15 is 0 Å². The van der Waals surface area contributed by atoms with Crippen LogP contribution in [-0.2, 0) is 12.8 Å². The lowest BCUT2D eigenvalue weighted by Gasteiger charge is -2.23. The number of H-pyrrole nitrogens is 2. The maximum atomic E-state index is 12.7. The topological polar surface area (TPSA) is 90.8 Å². The smallest absolute Gasteiger partial charge is 0.294 e. The predicted octanol–water partition coefficient (Wildman–Crippen LogP) is 2.16. The second-order valence-corrected chi connectivity index (χ2v) is 7.56. The third-order valence-electron chi connectivity index (χ3n) is 6.11. The monoisotopic (exact) mass is 337 g/mol. The van der Waals surface area contributed by atoms with Crippen molar-refractivity contribution in [3.05, 3.63) is 33.6 Å². The van der Waals surface area contributed by atoms with E-state index in [4.69, 9.17) is 9.40 Å². The lowest BCUT2D eigenvalue weighted by molar-refractivity contribution is 0.256. The van der Waals surface area contributed by atoms with Gasteiger partial charge in [-0.2, -0.15) is 5.10 Å². The van der Waals surface area contributed by atoms with Gasteiger partial charge in [0.15, 0.2) is 0 Å². The van der Waals surface area contributed by atoms with Crippen LogP contribution in [-0.4, -0.2) is 38.2 Å². The Bertz CT molecular complexity index is 1050. The first-order valence-electron chi connectivity index (χ1n) is 9.10. The van der Waals surface area contributed by atoms with E-state index in [1.807, 2.05) is 0 Å². The average Bonchev–Trinajstić information content (AvgIpc) is 3.37. The van der Waals surface area contributed by atoms with Crippen LogP contribution >= 0.6 is 0 Å². The molecule has 3 atom stereocenters. The summed E-state index contributed by atoms with van der Waals surface area (Å²) < 4.78 is 5.99. The standard InChI is InChI=1S/C18H19N5O2/c24-18-16-14(20-17(21-18)13-6-9-4-5-23(13)8-9)10-2-1-3-12-11(7-19-22-12)15(10)25-16/h7,9,13H,1-6,8H2,(H,19,22)(H,20,21,24)/t9?,13-/m1/s1. The van der Waals surface area contributed by atoms with Crippen molar-refractivity contribution in [3.8, 4) is 11.3 Å². The third kappa shape index (κ3) is 1.87. The van der Waals surface area contributed by atoms with Gasteiger partial charge in [-0.3, -0.25) is 14.8 Å². The summed E-state index contributed by atoms with van der Waals surface area (Å²) in [5.74, 6) is 2.32. The molecule has 25 heavy (non-hydrogen) atoms. The molecule has 2 fully saturated rings. The molecule has 128 valence electrons. The van der Waals surface area contributed by atoms with Gasteiger partial charge in [-0.25, -0.2) is 4.98 Å². The molecule has 2 N–H and O–H groups in total. The van der Waals surface area contributed by atoms with Crippen LogP contribution in [0.2, 0.25) is 0 Å². The van der Waals surface area contributed by atoms with Crippen molar-refractivity contribution in [1.82, 2.24) is 25.1 Å². The van der Waals surface area contributed by atoms with Crippen molar-refractivity contribution in [2.45, 2.75) is 38.1 Å². The van der Waals surface area contributed by atoms with Gasteiger partial charge < -0.3 is 9.40 Å². The van der Waals surface area contributed by atoms with Crippen LogP contribution in [0.25, 0.3) is 22.4 Å². The Kier molecular flexibility index (Phi) is 2.67. The molecule has 2 unspecified atom stereocenters. The zero-order valence-electron chi connectivity index (χ0n) is 13.8. The van der Waals surface area contributed by atoms with Gasteiger partial charge in [0.1, 0.15) is 17.1 Å². The highest BCUT2D eigenvalue weighted by Crippen LogP contribution is 2.42. The molecule has 3 aliphatic rings. The second kappa shape index (κ2) is 4.82. The molecular weight excluding hydrogens is 318 g/mol. The molecule has 2 bridgehead atoms. The first kappa shape index (κ1) is 13.8. The molecule has 3 aromatic heterocycles. The van der Waals surface area contributed by atoms with Gasteiger partial charge >= 0.3 is 0 Å². The Morgan fingerprint density at radius 3 is 3.12 bits per heavy atom. The Labute approximate surface area is 143 Å². The highest BCUT2D eigenvalue weighted by Gasteiger charge is 2.40. The third-order valence-corrected chi connectivity index (χ3v) is 6.11. The zero-order valence-corrected chi connectivity index (χ0v) is 13.8. The molecular formula is C18H19N5O2. The number of hydrogen-bond acceptors (Lipinski definition) is 5. The maximum Gasteiger partial charge on any atom is 0.294 e. The first-order valence-corrected chi connectivity index (χ1v) is 9.10. The molecule has 2 aliphatic heterocycles. The van der Waals surface area contributed by atoms with E-state index in [1.54, 1.807) is 6.20 Å². The summed E-state index contributed by atoms with van der Waals surface area (Å²) in [4.78, 5) is 23.0. The van der Waals surface area contributed by atoms with Gasteiger partial charge in [0.2, 0.25) is 5.58 Å². The van der Waals surface area contributed by atoms with Crippen molar-refractivity contribution >= 4 is 11.1 Å². The first-order chi connectivity index (χ1) is 12.3. The SMILES string of the molecule is O=c1[nH]c([C@H]2CC3CCN2C3)nc2c3c(oc12)-c1cn[nH]c1CCC3. The van der Waals surface area contributed by atoms with Gasteiger partial charge in [0.25, 0.3) is 5.56 Å². The number of hydrogen-bond donors (Lipinski definition) is 2. The van der Waals surface area contributed by atoms with Crippen molar-refractivity contribution < 1.29 is 4.42 Å². The van der Waals surface area contributed by atoms with E-state index in [1.165, 1.54) is 6.42 Å². The number of nitrogens with zero attached hydrogens (tertiary/aromatic N) is 3.